The van der Waals surface area contributed by atoms with Gasteiger partial charge >= 0.3 is 0 Å². The van der Waals surface area contributed by atoms with Crippen molar-refractivity contribution in [3.8, 4) is 11.3 Å². The molecule has 0 amide bonds. The molecule has 0 spiro atoms. The van der Waals surface area contributed by atoms with Crippen LogP contribution in [0.5, 0.6) is 0 Å². The number of aliphatic hydroxyl groups is 1. The quantitative estimate of drug-likeness (QED) is 0.848. The van der Waals surface area contributed by atoms with Gasteiger partial charge in [0.25, 0.3) is 5.56 Å². The summed E-state index contributed by atoms with van der Waals surface area (Å²) >= 11 is 0. The lowest BCUT2D eigenvalue weighted by atomic mass is 9.90. The molecular formula is C21H28N4O2. The predicted octanol–water partition coefficient (Wildman–Crippen LogP) is 2.68. The van der Waals surface area contributed by atoms with Crippen molar-refractivity contribution in [2.24, 2.45) is 0 Å². The monoisotopic (exact) mass is 368 g/mol. The number of hydrogen-bond donors (Lipinski definition) is 2. The lowest BCUT2D eigenvalue weighted by molar-refractivity contribution is 0.0427. The van der Waals surface area contributed by atoms with E-state index in [0.717, 1.165) is 62.6 Å². The van der Waals surface area contributed by atoms with Crippen molar-refractivity contribution in [2.45, 2.75) is 69.1 Å². The molecule has 27 heavy (non-hydrogen) atoms. The van der Waals surface area contributed by atoms with Crippen LogP contribution in [0, 0.1) is 0 Å². The normalized spacial score (nSPS) is 24.8. The van der Waals surface area contributed by atoms with Crippen LogP contribution in [0.4, 0.5) is 0 Å². The molecular weight excluding hydrogens is 340 g/mol. The van der Waals surface area contributed by atoms with E-state index in [9.17, 15) is 9.90 Å². The molecule has 2 heterocycles. The van der Waals surface area contributed by atoms with Crippen LogP contribution in [0.3, 0.4) is 0 Å². The zero-order valence-electron chi connectivity index (χ0n) is 15.7. The average Bonchev–Trinajstić information content (AvgIpc) is 3.15. The molecule has 144 valence electrons. The van der Waals surface area contributed by atoms with E-state index >= 15 is 0 Å². The van der Waals surface area contributed by atoms with Crippen LogP contribution in [0.15, 0.2) is 41.5 Å². The van der Waals surface area contributed by atoms with Gasteiger partial charge in [0, 0.05) is 36.6 Å². The molecule has 2 aromatic rings. The van der Waals surface area contributed by atoms with Gasteiger partial charge in [0.15, 0.2) is 0 Å². The highest BCUT2D eigenvalue weighted by Crippen LogP contribution is 2.31. The molecule has 0 bridgehead atoms. The summed E-state index contributed by atoms with van der Waals surface area (Å²) in [5.41, 5.74) is 1.23. The van der Waals surface area contributed by atoms with Gasteiger partial charge < -0.3 is 10.4 Å². The fourth-order valence-corrected chi connectivity index (χ4v) is 4.43. The molecule has 0 unspecified atom stereocenters. The van der Waals surface area contributed by atoms with E-state index in [2.05, 4.69) is 15.4 Å². The Labute approximate surface area is 159 Å². The second-order valence-electron chi connectivity index (χ2n) is 8.06. The van der Waals surface area contributed by atoms with Gasteiger partial charge in [0.05, 0.1) is 17.3 Å². The molecule has 2 aliphatic rings. The van der Waals surface area contributed by atoms with E-state index in [-0.39, 0.29) is 11.6 Å². The third-order valence-electron chi connectivity index (χ3n) is 6.10. The molecule has 0 aliphatic heterocycles. The topological polar surface area (TPSA) is 80.0 Å². The van der Waals surface area contributed by atoms with Crippen molar-refractivity contribution in [3.63, 3.8) is 0 Å². The summed E-state index contributed by atoms with van der Waals surface area (Å²) in [7, 11) is 0. The Balaban J connectivity index is 1.38. The fourth-order valence-electron chi connectivity index (χ4n) is 4.43. The highest BCUT2D eigenvalue weighted by atomic mass is 16.3. The largest absolute Gasteiger partial charge is 0.389 e. The molecule has 6 heteroatoms. The number of nitrogens with one attached hydrogen (secondary N) is 1. The first-order valence-electron chi connectivity index (χ1n) is 10.1. The first-order chi connectivity index (χ1) is 13.1. The van der Waals surface area contributed by atoms with Gasteiger partial charge in [-0.3, -0.25) is 9.78 Å². The summed E-state index contributed by atoms with van der Waals surface area (Å²) < 4.78 is 1.66. The van der Waals surface area contributed by atoms with Crippen molar-refractivity contribution in [2.75, 3.05) is 6.54 Å². The Hall–Kier alpha value is -2.05. The van der Waals surface area contributed by atoms with Crippen LogP contribution >= 0.6 is 0 Å². The van der Waals surface area contributed by atoms with Crippen LogP contribution in [0.1, 0.15) is 57.4 Å². The molecule has 2 aromatic heterocycles. The standard InChI is InChI=1S/C21H28N4O2/c26-20-8-7-19(16-9-13-22-14-10-16)24-25(20)18-5-3-17(4-6-18)23-15-21(27)11-1-2-12-21/h7-10,13-14,17-18,23,27H,1-6,11-12,15H2. The van der Waals surface area contributed by atoms with Crippen LogP contribution in [-0.4, -0.2) is 38.1 Å². The maximum Gasteiger partial charge on any atom is 0.267 e. The highest BCUT2D eigenvalue weighted by molar-refractivity contribution is 5.57. The van der Waals surface area contributed by atoms with E-state index in [0.29, 0.717) is 12.6 Å². The van der Waals surface area contributed by atoms with E-state index in [1.807, 2.05) is 12.1 Å². The Morgan fingerprint density at radius 3 is 2.48 bits per heavy atom. The highest BCUT2D eigenvalue weighted by Gasteiger charge is 2.32. The van der Waals surface area contributed by atoms with Crippen LogP contribution in [-0.2, 0) is 0 Å². The molecule has 0 aromatic carbocycles. The van der Waals surface area contributed by atoms with Gasteiger partial charge in [-0.2, -0.15) is 5.10 Å². The molecule has 0 atom stereocenters. The molecule has 2 saturated carbocycles. The number of rotatable bonds is 5. The minimum atomic E-state index is -0.506. The van der Waals surface area contributed by atoms with Gasteiger partial charge in [0.2, 0.25) is 0 Å². The first-order valence-corrected chi connectivity index (χ1v) is 10.1. The van der Waals surface area contributed by atoms with Gasteiger partial charge in [-0.15, -0.1) is 0 Å². The average molecular weight is 368 g/mol. The lowest BCUT2D eigenvalue weighted by Crippen LogP contribution is -2.44. The van der Waals surface area contributed by atoms with E-state index in [1.165, 1.54) is 0 Å². The fraction of sp³-hybridized carbons (Fsp3) is 0.571. The van der Waals surface area contributed by atoms with Crippen molar-refractivity contribution in [1.82, 2.24) is 20.1 Å². The Kier molecular flexibility index (Phi) is 5.36. The zero-order valence-corrected chi connectivity index (χ0v) is 15.7. The number of nitrogens with zero attached hydrogens (tertiary/aromatic N) is 3. The predicted molar refractivity (Wildman–Crippen MR) is 104 cm³/mol. The minimum Gasteiger partial charge on any atom is -0.389 e. The van der Waals surface area contributed by atoms with Crippen LogP contribution < -0.4 is 10.9 Å². The SMILES string of the molecule is O=c1ccc(-c2ccncc2)nn1C1CCC(NCC2(O)CCCC2)CC1. The second kappa shape index (κ2) is 7.90. The second-order valence-corrected chi connectivity index (χ2v) is 8.06. The molecule has 6 nitrogen and oxygen atoms in total. The maximum absolute atomic E-state index is 12.4. The molecule has 2 aliphatic carbocycles. The summed E-state index contributed by atoms with van der Waals surface area (Å²) in [5, 5.41) is 18.7. The number of aromatic nitrogens is 3. The minimum absolute atomic E-state index is 0.0375. The summed E-state index contributed by atoms with van der Waals surface area (Å²) in [6, 6.07) is 7.78. The zero-order chi connectivity index (χ0) is 18.7. The van der Waals surface area contributed by atoms with E-state index in [1.54, 1.807) is 29.2 Å². The maximum atomic E-state index is 12.4. The third kappa shape index (κ3) is 4.28. The Morgan fingerprint density at radius 1 is 1.07 bits per heavy atom. The Morgan fingerprint density at radius 2 is 1.78 bits per heavy atom. The lowest BCUT2D eigenvalue weighted by Gasteiger charge is -2.32. The van der Waals surface area contributed by atoms with Crippen molar-refractivity contribution < 1.29 is 5.11 Å². The van der Waals surface area contributed by atoms with Crippen molar-refractivity contribution in [3.05, 3.63) is 47.0 Å². The van der Waals surface area contributed by atoms with Crippen LogP contribution in [0.25, 0.3) is 11.3 Å². The molecule has 4 rings (SSSR count). The third-order valence-corrected chi connectivity index (χ3v) is 6.10. The van der Waals surface area contributed by atoms with Gasteiger partial charge in [0.1, 0.15) is 0 Å². The van der Waals surface area contributed by atoms with E-state index in [4.69, 9.17) is 0 Å². The summed E-state index contributed by atoms with van der Waals surface area (Å²) in [6.45, 7) is 0.693. The number of pyridine rings is 1. The Bertz CT molecular complexity index is 806. The van der Waals surface area contributed by atoms with E-state index < -0.39 is 5.60 Å². The molecule has 2 fully saturated rings. The number of hydrogen-bond acceptors (Lipinski definition) is 5. The van der Waals surface area contributed by atoms with Crippen LogP contribution in [0.2, 0.25) is 0 Å². The van der Waals surface area contributed by atoms with Crippen molar-refractivity contribution >= 4 is 0 Å². The van der Waals surface area contributed by atoms with Gasteiger partial charge in [-0.1, -0.05) is 12.8 Å². The first kappa shape index (κ1) is 18.3. The smallest absolute Gasteiger partial charge is 0.267 e. The summed E-state index contributed by atoms with van der Waals surface area (Å²) in [4.78, 5) is 16.4. The van der Waals surface area contributed by atoms with Crippen molar-refractivity contribution in [1.29, 1.82) is 0 Å². The van der Waals surface area contributed by atoms with Gasteiger partial charge in [-0.05, 0) is 56.7 Å². The molecule has 0 saturated heterocycles. The van der Waals surface area contributed by atoms with Gasteiger partial charge in [-0.25, -0.2) is 4.68 Å². The summed E-state index contributed by atoms with van der Waals surface area (Å²) in [5.74, 6) is 0. The molecule has 2 N–H and O–H groups in total. The molecule has 0 radical (unpaired) electrons. The summed E-state index contributed by atoms with van der Waals surface area (Å²) in [6.07, 6.45) is 11.4.